The van der Waals surface area contributed by atoms with Crippen molar-refractivity contribution in [1.82, 2.24) is 5.32 Å². The van der Waals surface area contributed by atoms with E-state index >= 15 is 0 Å². The van der Waals surface area contributed by atoms with E-state index in [1.807, 2.05) is 0 Å². The molecule has 0 saturated carbocycles. The Morgan fingerprint density at radius 1 is 1.04 bits per heavy atom. The van der Waals surface area contributed by atoms with E-state index in [0.29, 0.717) is 0 Å². The summed E-state index contributed by atoms with van der Waals surface area (Å²) in [5.41, 5.74) is -0.552. The number of rotatable bonds is 6. The fourth-order valence-electron chi connectivity index (χ4n) is 2.03. The highest BCUT2D eigenvalue weighted by Gasteiger charge is 2.15. The summed E-state index contributed by atoms with van der Waals surface area (Å²) in [4.78, 5) is 23.1. The minimum absolute atomic E-state index is 0.00829. The first-order valence-corrected chi connectivity index (χ1v) is 7.79. The molecule has 0 spiro atoms. The number of thiocarbonyl (C=S) groups is 1. The number of ether oxygens (including phenoxy) is 1. The first-order chi connectivity index (χ1) is 12.4. The second-order valence-electron chi connectivity index (χ2n) is 4.96. The molecule has 6 nitrogen and oxygen atoms in total. The van der Waals surface area contributed by atoms with Crippen molar-refractivity contribution in [3.8, 4) is 0 Å². The van der Waals surface area contributed by atoms with Gasteiger partial charge in [0, 0.05) is 0 Å². The summed E-state index contributed by atoms with van der Waals surface area (Å²) in [6.45, 7) is -0.0722. The van der Waals surface area contributed by atoms with Crippen LogP contribution in [0.5, 0.6) is 0 Å². The van der Waals surface area contributed by atoms with Crippen LogP contribution in [-0.4, -0.2) is 35.3 Å². The molecule has 0 atom stereocenters. The first-order valence-electron chi connectivity index (χ1n) is 7.38. The number of carbonyl (C=O) groups excluding carboxylic acids is 1. The minimum atomic E-state index is -1.22. The van der Waals surface area contributed by atoms with Crippen LogP contribution in [0, 0.1) is 11.6 Å². The molecule has 2 aromatic carbocycles. The van der Waals surface area contributed by atoms with Gasteiger partial charge in [0.05, 0.1) is 17.7 Å². The number of nitrogens with one attached hydrogen (secondary N) is 2. The Labute approximate surface area is 152 Å². The predicted molar refractivity (Wildman–Crippen MR) is 94.3 cm³/mol. The number of carboxylic acids is 1. The van der Waals surface area contributed by atoms with Crippen molar-refractivity contribution in [2.24, 2.45) is 0 Å². The van der Waals surface area contributed by atoms with Gasteiger partial charge >= 0.3 is 5.97 Å². The van der Waals surface area contributed by atoms with E-state index < -0.39 is 29.2 Å². The van der Waals surface area contributed by atoms with Gasteiger partial charge in [0.2, 0.25) is 0 Å². The SMILES string of the molecule is O=C(O)c1ccccc1C(=O)NCCOC(=S)Nc1c(F)cccc1F. The van der Waals surface area contributed by atoms with Crippen LogP contribution >= 0.6 is 12.2 Å². The molecule has 0 aliphatic heterocycles. The predicted octanol–water partition coefficient (Wildman–Crippen LogP) is 2.81. The highest BCUT2D eigenvalue weighted by atomic mass is 32.1. The minimum Gasteiger partial charge on any atom is -0.478 e. The molecule has 0 aliphatic carbocycles. The summed E-state index contributed by atoms with van der Waals surface area (Å²) in [5.74, 6) is -3.46. The monoisotopic (exact) mass is 380 g/mol. The molecule has 0 saturated heterocycles. The van der Waals surface area contributed by atoms with Crippen LogP contribution in [0.3, 0.4) is 0 Å². The summed E-state index contributed by atoms with van der Waals surface area (Å²) in [5, 5.41) is 13.5. The zero-order valence-electron chi connectivity index (χ0n) is 13.3. The molecular weight excluding hydrogens is 366 g/mol. The third-order valence-corrected chi connectivity index (χ3v) is 3.43. The van der Waals surface area contributed by atoms with E-state index in [9.17, 15) is 18.4 Å². The van der Waals surface area contributed by atoms with E-state index in [-0.39, 0.29) is 29.5 Å². The van der Waals surface area contributed by atoms with Crippen molar-refractivity contribution in [3.05, 3.63) is 65.2 Å². The quantitative estimate of drug-likeness (QED) is 0.528. The molecule has 0 bridgehead atoms. The van der Waals surface area contributed by atoms with Crippen LogP contribution in [0.2, 0.25) is 0 Å². The van der Waals surface area contributed by atoms with Gasteiger partial charge in [-0.3, -0.25) is 4.79 Å². The molecule has 9 heteroatoms. The molecule has 0 unspecified atom stereocenters. The van der Waals surface area contributed by atoms with Crippen molar-refractivity contribution >= 4 is 35.0 Å². The molecule has 2 rings (SSSR count). The van der Waals surface area contributed by atoms with Gasteiger partial charge in [-0.1, -0.05) is 18.2 Å². The van der Waals surface area contributed by atoms with Crippen LogP contribution < -0.4 is 10.6 Å². The molecule has 3 N–H and O–H groups in total. The molecule has 2 aromatic rings. The zero-order valence-corrected chi connectivity index (χ0v) is 14.1. The maximum atomic E-state index is 13.5. The number of anilines is 1. The molecule has 26 heavy (non-hydrogen) atoms. The van der Waals surface area contributed by atoms with Crippen molar-refractivity contribution in [3.63, 3.8) is 0 Å². The molecule has 0 radical (unpaired) electrons. The third-order valence-electron chi connectivity index (χ3n) is 3.21. The van der Waals surface area contributed by atoms with Crippen LogP contribution in [0.25, 0.3) is 0 Å². The Balaban J connectivity index is 1.83. The second-order valence-corrected chi connectivity index (χ2v) is 5.34. The molecule has 1 amide bonds. The lowest BCUT2D eigenvalue weighted by atomic mass is 10.1. The molecule has 0 aromatic heterocycles. The van der Waals surface area contributed by atoms with Crippen LogP contribution in [-0.2, 0) is 4.74 Å². The highest BCUT2D eigenvalue weighted by Crippen LogP contribution is 2.18. The van der Waals surface area contributed by atoms with Gasteiger partial charge in [-0.15, -0.1) is 0 Å². The van der Waals surface area contributed by atoms with E-state index in [1.54, 1.807) is 6.07 Å². The van der Waals surface area contributed by atoms with Gasteiger partial charge in [0.15, 0.2) is 0 Å². The fraction of sp³-hybridized carbons (Fsp3) is 0.118. The van der Waals surface area contributed by atoms with Gasteiger partial charge in [-0.05, 0) is 36.5 Å². The van der Waals surface area contributed by atoms with E-state index in [2.05, 4.69) is 10.6 Å². The van der Waals surface area contributed by atoms with E-state index in [1.165, 1.54) is 24.3 Å². The van der Waals surface area contributed by atoms with Gasteiger partial charge < -0.3 is 20.5 Å². The summed E-state index contributed by atoms with van der Waals surface area (Å²) < 4.78 is 32.0. The molecular formula is C17H14F2N2O4S. The summed E-state index contributed by atoms with van der Waals surface area (Å²) in [6.07, 6.45) is 0. The second kappa shape index (κ2) is 8.86. The zero-order chi connectivity index (χ0) is 19.1. The van der Waals surface area contributed by atoms with Gasteiger partial charge in [-0.2, -0.15) is 0 Å². The number of hydrogen-bond acceptors (Lipinski definition) is 4. The maximum Gasteiger partial charge on any atom is 0.336 e. The Hall–Kier alpha value is -3.07. The maximum absolute atomic E-state index is 13.5. The van der Waals surface area contributed by atoms with E-state index in [0.717, 1.165) is 12.1 Å². The van der Waals surface area contributed by atoms with Crippen LogP contribution in [0.1, 0.15) is 20.7 Å². The number of amides is 1. The normalized spacial score (nSPS) is 10.1. The standard InChI is InChI=1S/C17H14F2N2O4S/c18-12-6-3-7-13(19)14(12)21-17(26)25-9-8-20-15(22)10-4-1-2-5-11(10)16(23)24/h1-7H,8-9H2,(H,20,22)(H,21,26)(H,23,24). The van der Waals surface area contributed by atoms with E-state index in [4.69, 9.17) is 22.1 Å². The van der Waals surface area contributed by atoms with Crippen molar-refractivity contribution in [1.29, 1.82) is 0 Å². The van der Waals surface area contributed by atoms with Crippen LogP contribution in [0.15, 0.2) is 42.5 Å². The number of hydrogen-bond donors (Lipinski definition) is 3. The molecule has 0 heterocycles. The molecule has 0 aliphatic rings. The summed E-state index contributed by atoms with van der Waals surface area (Å²) in [7, 11) is 0. The molecule has 136 valence electrons. The number of para-hydroxylation sites is 1. The van der Waals surface area contributed by atoms with Crippen molar-refractivity contribution < 1.29 is 28.2 Å². The summed E-state index contributed by atoms with van der Waals surface area (Å²) >= 11 is 4.83. The number of halogens is 2. The lowest BCUT2D eigenvalue weighted by Crippen LogP contribution is -2.30. The lowest BCUT2D eigenvalue weighted by Gasteiger charge is -2.12. The van der Waals surface area contributed by atoms with Crippen molar-refractivity contribution in [2.45, 2.75) is 0 Å². The number of carbonyl (C=O) groups is 2. The Morgan fingerprint density at radius 2 is 1.65 bits per heavy atom. The smallest absolute Gasteiger partial charge is 0.336 e. The lowest BCUT2D eigenvalue weighted by molar-refractivity contribution is 0.0691. The average Bonchev–Trinajstić information content (AvgIpc) is 2.61. The third kappa shape index (κ3) is 4.96. The van der Waals surface area contributed by atoms with Crippen LogP contribution in [0.4, 0.5) is 14.5 Å². The molecule has 0 fully saturated rings. The average molecular weight is 380 g/mol. The Kier molecular flexibility index (Phi) is 6.56. The Bertz CT molecular complexity index is 825. The Morgan fingerprint density at radius 3 is 2.27 bits per heavy atom. The number of benzene rings is 2. The van der Waals surface area contributed by atoms with Gasteiger partial charge in [-0.25, -0.2) is 13.6 Å². The first kappa shape index (κ1) is 19.3. The highest BCUT2D eigenvalue weighted by molar-refractivity contribution is 7.80. The summed E-state index contributed by atoms with van der Waals surface area (Å²) in [6, 6.07) is 9.09. The fourth-order valence-corrected chi connectivity index (χ4v) is 2.21. The van der Waals surface area contributed by atoms with Crippen molar-refractivity contribution in [2.75, 3.05) is 18.5 Å². The number of aromatic carboxylic acids is 1. The topological polar surface area (TPSA) is 87.7 Å². The largest absolute Gasteiger partial charge is 0.478 e. The van der Waals surface area contributed by atoms with Gasteiger partial charge in [0.25, 0.3) is 11.1 Å². The van der Waals surface area contributed by atoms with Gasteiger partial charge in [0.1, 0.15) is 23.9 Å². The number of carboxylic acid groups (broad SMARTS) is 1.